The summed E-state index contributed by atoms with van der Waals surface area (Å²) in [5, 5.41) is 10.5. The fraction of sp³-hybridized carbons (Fsp3) is 0.136. The van der Waals surface area contributed by atoms with Gasteiger partial charge < -0.3 is 10.0 Å². The quantitative estimate of drug-likeness (QED) is 0.774. The van der Waals surface area contributed by atoms with E-state index in [4.69, 9.17) is 0 Å². The molecule has 1 amide bonds. The molecule has 3 aromatic rings. The van der Waals surface area contributed by atoms with E-state index >= 15 is 0 Å². The lowest BCUT2D eigenvalue weighted by Crippen LogP contribution is -2.33. The Morgan fingerprint density at radius 1 is 0.760 bits per heavy atom. The van der Waals surface area contributed by atoms with Crippen molar-refractivity contribution in [3.63, 3.8) is 0 Å². The Morgan fingerprint density at radius 2 is 1.24 bits per heavy atom. The van der Waals surface area contributed by atoms with E-state index in [1.54, 1.807) is 17.0 Å². The number of nitrogens with zero attached hydrogens (tertiary/aromatic N) is 1. The highest BCUT2D eigenvalue weighted by molar-refractivity contribution is 5.83. The Hall–Kier alpha value is -2.91. The van der Waals surface area contributed by atoms with Crippen LogP contribution in [-0.4, -0.2) is 15.9 Å². The summed E-state index contributed by atoms with van der Waals surface area (Å²) in [5.74, 6) is -0.266. The van der Waals surface area contributed by atoms with Gasteiger partial charge in [0.25, 0.3) is 5.91 Å². The molecule has 0 aliphatic carbocycles. The van der Waals surface area contributed by atoms with Crippen molar-refractivity contribution in [2.45, 2.75) is 19.2 Å². The summed E-state index contributed by atoms with van der Waals surface area (Å²) >= 11 is 0. The zero-order chi connectivity index (χ0) is 17.2. The zero-order valence-corrected chi connectivity index (χ0v) is 13.8. The van der Waals surface area contributed by atoms with Crippen LogP contribution in [0.2, 0.25) is 0 Å². The third kappa shape index (κ3) is 2.94. The fourth-order valence-corrected chi connectivity index (χ4v) is 3.42. The Kier molecular flexibility index (Phi) is 4.08. The normalized spacial score (nSPS) is 14.2. The van der Waals surface area contributed by atoms with Gasteiger partial charge in [-0.3, -0.25) is 4.79 Å². The second-order valence-corrected chi connectivity index (χ2v) is 6.32. The summed E-state index contributed by atoms with van der Waals surface area (Å²) in [4.78, 5) is 14.7. The Balaban J connectivity index is 1.72. The van der Waals surface area contributed by atoms with Gasteiger partial charge in [-0.25, -0.2) is 0 Å². The molecule has 0 saturated carbocycles. The van der Waals surface area contributed by atoms with Gasteiger partial charge in [0.05, 0.1) is 0 Å². The molecular weight excluding hydrogens is 310 g/mol. The van der Waals surface area contributed by atoms with Crippen LogP contribution in [0.5, 0.6) is 0 Å². The van der Waals surface area contributed by atoms with Crippen molar-refractivity contribution in [1.82, 2.24) is 4.90 Å². The van der Waals surface area contributed by atoms with Crippen molar-refractivity contribution < 1.29 is 9.90 Å². The van der Waals surface area contributed by atoms with Crippen LogP contribution in [0.3, 0.4) is 0 Å². The number of amides is 1. The highest BCUT2D eigenvalue weighted by Crippen LogP contribution is 2.33. The fourth-order valence-electron chi connectivity index (χ4n) is 3.42. The van der Waals surface area contributed by atoms with E-state index in [-0.39, 0.29) is 5.91 Å². The van der Waals surface area contributed by atoms with Gasteiger partial charge in [0.15, 0.2) is 6.10 Å². The van der Waals surface area contributed by atoms with Gasteiger partial charge in [-0.2, -0.15) is 0 Å². The predicted molar refractivity (Wildman–Crippen MR) is 97.5 cm³/mol. The number of benzene rings is 3. The Labute approximate surface area is 147 Å². The van der Waals surface area contributed by atoms with Crippen molar-refractivity contribution in [2.75, 3.05) is 0 Å². The van der Waals surface area contributed by atoms with Gasteiger partial charge in [-0.15, -0.1) is 0 Å². The zero-order valence-electron chi connectivity index (χ0n) is 13.8. The van der Waals surface area contributed by atoms with Gasteiger partial charge in [-0.1, -0.05) is 78.9 Å². The van der Waals surface area contributed by atoms with Gasteiger partial charge >= 0.3 is 0 Å². The molecule has 1 aliphatic rings. The largest absolute Gasteiger partial charge is 0.378 e. The monoisotopic (exact) mass is 329 g/mol. The van der Waals surface area contributed by atoms with Crippen LogP contribution in [0.15, 0.2) is 78.9 Å². The van der Waals surface area contributed by atoms with Crippen LogP contribution in [0.1, 0.15) is 22.8 Å². The number of rotatable bonds is 2. The van der Waals surface area contributed by atoms with Crippen molar-refractivity contribution >= 4 is 5.91 Å². The molecule has 1 aliphatic heterocycles. The van der Waals surface area contributed by atoms with Crippen LogP contribution >= 0.6 is 0 Å². The topological polar surface area (TPSA) is 40.5 Å². The molecule has 0 spiro atoms. The lowest BCUT2D eigenvalue weighted by Gasteiger charge is -2.24. The molecule has 0 fully saturated rings. The minimum atomic E-state index is -1.14. The van der Waals surface area contributed by atoms with Crippen LogP contribution in [0, 0.1) is 0 Å². The molecule has 3 heteroatoms. The molecule has 124 valence electrons. The third-order valence-electron chi connectivity index (χ3n) is 4.71. The van der Waals surface area contributed by atoms with E-state index in [9.17, 15) is 9.90 Å². The molecule has 0 aromatic heterocycles. The summed E-state index contributed by atoms with van der Waals surface area (Å²) in [5.41, 5.74) is 5.13. The van der Waals surface area contributed by atoms with Crippen molar-refractivity contribution in [3.8, 4) is 11.1 Å². The number of hydrogen-bond donors (Lipinski definition) is 1. The van der Waals surface area contributed by atoms with E-state index in [1.165, 1.54) is 0 Å². The average Bonchev–Trinajstić information content (AvgIpc) is 2.84. The van der Waals surface area contributed by atoms with E-state index in [0.29, 0.717) is 18.7 Å². The van der Waals surface area contributed by atoms with Crippen molar-refractivity contribution in [2.24, 2.45) is 0 Å². The number of aliphatic hydroxyl groups excluding tert-OH is 1. The molecule has 25 heavy (non-hydrogen) atoms. The van der Waals surface area contributed by atoms with Crippen LogP contribution in [0.4, 0.5) is 0 Å². The Morgan fingerprint density at radius 3 is 1.80 bits per heavy atom. The number of aliphatic hydroxyl groups is 1. The number of carbonyl (C=O) groups is 1. The van der Waals surface area contributed by atoms with E-state index in [0.717, 1.165) is 22.3 Å². The smallest absolute Gasteiger partial charge is 0.256 e. The molecule has 0 unspecified atom stereocenters. The molecule has 0 bridgehead atoms. The molecule has 4 rings (SSSR count). The standard InChI is InChI=1S/C22H19NO2/c24-21(16-8-2-1-3-9-16)22(25)23-14-17-10-4-6-12-19(17)20-13-7-5-11-18(20)15-23/h1-13,21,24H,14-15H2/t21-/m0/s1. The first-order chi connectivity index (χ1) is 12.2. The SMILES string of the molecule is O=C([C@@H](O)c1ccccc1)N1Cc2ccccc2-c2ccccc2C1. The van der Waals surface area contributed by atoms with Crippen LogP contribution in [0.25, 0.3) is 11.1 Å². The van der Waals surface area contributed by atoms with E-state index in [1.807, 2.05) is 54.6 Å². The summed E-state index contributed by atoms with van der Waals surface area (Å²) in [6.07, 6.45) is -1.14. The highest BCUT2D eigenvalue weighted by Gasteiger charge is 2.27. The third-order valence-corrected chi connectivity index (χ3v) is 4.71. The summed E-state index contributed by atoms with van der Waals surface area (Å²) in [6, 6.07) is 25.4. The number of hydrogen-bond acceptors (Lipinski definition) is 2. The van der Waals surface area contributed by atoms with Crippen molar-refractivity contribution in [1.29, 1.82) is 0 Å². The maximum atomic E-state index is 12.9. The van der Waals surface area contributed by atoms with Crippen molar-refractivity contribution in [3.05, 3.63) is 95.6 Å². The van der Waals surface area contributed by atoms with Crippen LogP contribution < -0.4 is 0 Å². The maximum absolute atomic E-state index is 12.9. The van der Waals surface area contributed by atoms with Gasteiger partial charge in [0.2, 0.25) is 0 Å². The van der Waals surface area contributed by atoms with E-state index in [2.05, 4.69) is 12.1 Å². The van der Waals surface area contributed by atoms with Gasteiger partial charge in [-0.05, 0) is 27.8 Å². The minimum Gasteiger partial charge on any atom is -0.378 e. The molecule has 1 atom stereocenters. The molecular formula is C22H19NO2. The second kappa shape index (κ2) is 6.54. The summed E-state index contributed by atoms with van der Waals surface area (Å²) < 4.78 is 0. The summed E-state index contributed by atoms with van der Waals surface area (Å²) in [6.45, 7) is 0.987. The number of carbonyl (C=O) groups excluding carboxylic acids is 1. The summed E-state index contributed by atoms with van der Waals surface area (Å²) in [7, 11) is 0. The van der Waals surface area contributed by atoms with Crippen LogP contribution in [-0.2, 0) is 17.9 Å². The highest BCUT2D eigenvalue weighted by atomic mass is 16.3. The van der Waals surface area contributed by atoms with Gasteiger partial charge in [0.1, 0.15) is 0 Å². The first-order valence-corrected chi connectivity index (χ1v) is 8.42. The minimum absolute atomic E-state index is 0.266. The Bertz CT molecular complexity index is 857. The lowest BCUT2D eigenvalue weighted by molar-refractivity contribution is -0.141. The second-order valence-electron chi connectivity index (χ2n) is 6.32. The first-order valence-electron chi connectivity index (χ1n) is 8.42. The van der Waals surface area contributed by atoms with Gasteiger partial charge in [0, 0.05) is 13.1 Å². The molecule has 3 nitrogen and oxygen atoms in total. The predicted octanol–water partition coefficient (Wildman–Crippen LogP) is 3.93. The first kappa shape index (κ1) is 15.6. The molecule has 0 saturated heterocycles. The lowest BCUT2D eigenvalue weighted by atomic mass is 9.97. The average molecular weight is 329 g/mol. The molecule has 0 radical (unpaired) electrons. The molecule has 3 aromatic carbocycles. The van der Waals surface area contributed by atoms with E-state index < -0.39 is 6.10 Å². The molecule has 1 N–H and O–H groups in total. The molecule has 1 heterocycles. The maximum Gasteiger partial charge on any atom is 0.256 e. The number of fused-ring (bicyclic) bond motifs is 3.